The van der Waals surface area contributed by atoms with Crippen molar-refractivity contribution >= 4 is 12.1 Å². The Kier molecular flexibility index (Phi) is 6.45. The summed E-state index contributed by atoms with van der Waals surface area (Å²) in [5.41, 5.74) is 2.18. The van der Waals surface area contributed by atoms with E-state index < -0.39 is 11.7 Å². The van der Waals surface area contributed by atoms with Gasteiger partial charge in [-0.2, -0.15) is 0 Å². The minimum Gasteiger partial charge on any atom is -0.443 e. The summed E-state index contributed by atoms with van der Waals surface area (Å²) in [5, 5.41) is 3.46. The van der Waals surface area contributed by atoms with E-state index in [-0.39, 0.29) is 17.9 Å². The Bertz CT molecular complexity index is 1110. The van der Waals surface area contributed by atoms with E-state index in [1.165, 1.54) is 12.1 Å². The van der Waals surface area contributed by atoms with Gasteiger partial charge in [0.25, 0.3) is 0 Å². The molecule has 6 heteroatoms. The van der Waals surface area contributed by atoms with E-state index in [0.29, 0.717) is 12.5 Å². The van der Waals surface area contributed by atoms with Gasteiger partial charge in [-0.05, 0) is 49.6 Å². The molecular weight excluding hydrogens is 417 g/mol. The van der Waals surface area contributed by atoms with E-state index in [2.05, 4.69) is 5.32 Å². The van der Waals surface area contributed by atoms with Gasteiger partial charge in [-0.3, -0.25) is 0 Å². The van der Waals surface area contributed by atoms with Crippen LogP contribution in [0.1, 0.15) is 49.5 Å². The Hall–Kier alpha value is -3.67. The molecule has 0 radical (unpaired) electrons. The Balaban J connectivity index is 1.77. The summed E-state index contributed by atoms with van der Waals surface area (Å²) >= 11 is 0. The quantitative estimate of drug-likeness (QED) is 0.535. The van der Waals surface area contributed by atoms with Crippen molar-refractivity contribution in [2.24, 2.45) is 4.99 Å². The molecule has 1 heterocycles. The highest BCUT2D eigenvalue weighted by Crippen LogP contribution is 2.40. The van der Waals surface area contributed by atoms with Crippen molar-refractivity contribution in [1.82, 2.24) is 10.2 Å². The molecular formula is C27H28FN3O2. The smallest absolute Gasteiger partial charge is 0.417 e. The van der Waals surface area contributed by atoms with Crippen LogP contribution in [0.3, 0.4) is 0 Å². The third kappa shape index (κ3) is 5.40. The zero-order chi connectivity index (χ0) is 23.4. The first-order chi connectivity index (χ1) is 15.8. The highest BCUT2D eigenvalue weighted by atomic mass is 19.1. The van der Waals surface area contributed by atoms with Crippen LogP contribution in [0.5, 0.6) is 0 Å². The summed E-state index contributed by atoms with van der Waals surface area (Å²) in [6.07, 6.45) is -0.472. The lowest BCUT2D eigenvalue weighted by Crippen LogP contribution is -2.41. The lowest BCUT2D eigenvalue weighted by Gasteiger charge is -2.29. The summed E-state index contributed by atoms with van der Waals surface area (Å²) in [6, 6.07) is 25.5. The molecule has 1 amide bonds. The molecule has 1 aliphatic heterocycles. The Morgan fingerprint density at radius 1 is 0.939 bits per heavy atom. The van der Waals surface area contributed by atoms with Gasteiger partial charge in [0.2, 0.25) is 5.96 Å². The van der Waals surface area contributed by atoms with Crippen LogP contribution in [-0.2, 0) is 11.3 Å². The SMILES string of the molecule is CC(C)(C)OC(=O)N1C(=NCc2ccc(F)cc2)N[C@H](c2ccccc2)[C@@H]1c1ccccc1. The molecule has 33 heavy (non-hydrogen) atoms. The fraction of sp³-hybridized carbons (Fsp3) is 0.259. The summed E-state index contributed by atoms with van der Waals surface area (Å²) in [4.78, 5) is 19.7. The number of amides is 1. The number of carbonyl (C=O) groups is 1. The van der Waals surface area contributed by atoms with E-state index >= 15 is 0 Å². The first kappa shape index (κ1) is 22.5. The highest BCUT2D eigenvalue weighted by Gasteiger charge is 2.45. The van der Waals surface area contributed by atoms with Crippen LogP contribution < -0.4 is 5.32 Å². The summed E-state index contributed by atoms with van der Waals surface area (Å²) in [5.74, 6) is 0.130. The standard InChI is InChI=1S/C27H28FN3O2/c1-27(2,3)33-26(32)31-24(21-12-8-5-9-13-21)23(20-10-6-4-7-11-20)30-25(31)29-18-19-14-16-22(28)17-15-19/h4-17,23-24H,18H2,1-3H3,(H,29,30)/t23-,24+/m1/s1. The van der Waals surface area contributed by atoms with E-state index in [1.54, 1.807) is 17.0 Å². The average molecular weight is 446 g/mol. The van der Waals surface area contributed by atoms with Crippen molar-refractivity contribution in [3.8, 4) is 0 Å². The zero-order valence-corrected chi connectivity index (χ0v) is 19.0. The highest BCUT2D eigenvalue weighted by molar-refractivity contribution is 5.97. The summed E-state index contributed by atoms with van der Waals surface area (Å²) in [7, 11) is 0. The minimum absolute atomic E-state index is 0.215. The van der Waals surface area contributed by atoms with Gasteiger partial charge in [-0.1, -0.05) is 72.8 Å². The Morgan fingerprint density at radius 2 is 1.52 bits per heavy atom. The van der Waals surface area contributed by atoms with Gasteiger partial charge in [0.15, 0.2) is 0 Å². The van der Waals surface area contributed by atoms with Crippen molar-refractivity contribution in [1.29, 1.82) is 0 Å². The molecule has 0 aromatic heterocycles. The number of carbonyl (C=O) groups excluding carboxylic acids is 1. The third-order valence-electron chi connectivity index (χ3n) is 5.32. The third-order valence-corrected chi connectivity index (χ3v) is 5.32. The van der Waals surface area contributed by atoms with Crippen LogP contribution in [0.15, 0.2) is 89.9 Å². The average Bonchev–Trinajstić information content (AvgIpc) is 3.18. The van der Waals surface area contributed by atoms with Gasteiger partial charge in [-0.25, -0.2) is 19.1 Å². The van der Waals surface area contributed by atoms with Gasteiger partial charge in [0.05, 0.1) is 18.6 Å². The first-order valence-corrected chi connectivity index (χ1v) is 11.0. The van der Waals surface area contributed by atoms with Crippen molar-refractivity contribution in [3.05, 3.63) is 107 Å². The van der Waals surface area contributed by atoms with E-state index in [0.717, 1.165) is 16.7 Å². The molecule has 1 saturated heterocycles. The molecule has 1 fully saturated rings. The number of aliphatic imine (C=N–C) groups is 1. The van der Waals surface area contributed by atoms with Crippen LogP contribution in [0, 0.1) is 5.82 Å². The Labute approximate surface area is 193 Å². The molecule has 3 aromatic rings. The molecule has 0 bridgehead atoms. The molecule has 0 unspecified atom stereocenters. The summed E-state index contributed by atoms with van der Waals surface area (Å²) in [6.45, 7) is 5.83. The number of halogens is 1. The van der Waals surface area contributed by atoms with E-state index in [9.17, 15) is 9.18 Å². The van der Waals surface area contributed by atoms with E-state index in [1.807, 2.05) is 81.4 Å². The fourth-order valence-corrected chi connectivity index (χ4v) is 3.88. The zero-order valence-electron chi connectivity index (χ0n) is 19.0. The molecule has 0 saturated carbocycles. The lowest BCUT2D eigenvalue weighted by atomic mass is 9.94. The predicted molar refractivity (Wildman–Crippen MR) is 127 cm³/mol. The van der Waals surface area contributed by atoms with Crippen molar-refractivity contribution < 1.29 is 13.9 Å². The largest absolute Gasteiger partial charge is 0.443 e. The second-order valence-corrected chi connectivity index (χ2v) is 9.00. The Morgan fingerprint density at radius 3 is 2.09 bits per heavy atom. The molecule has 1 aliphatic rings. The maximum absolute atomic E-state index is 13.4. The van der Waals surface area contributed by atoms with Crippen LogP contribution in [0.2, 0.25) is 0 Å². The number of ether oxygens (including phenoxy) is 1. The van der Waals surface area contributed by atoms with Crippen molar-refractivity contribution in [3.63, 3.8) is 0 Å². The van der Waals surface area contributed by atoms with Crippen molar-refractivity contribution in [2.45, 2.75) is 45.0 Å². The maximum atomic E-state index is 13.4. The lowest BCUT2D eigenvalue weighted by molar-refractivity contribution is 0.0320. The first-order valence-electron chi connectivity index (χ1n) is 11.0. The number of nitrogens with zero attached hydrogens (tertiary/aromatic N) is 2. The van der Waals surface area contributed by atoms with Crippen LogP contribution in [0.25, 0.3) is 0 Å². The normalized spacial score (nSPS) is 19.4. The van der Waals surface area contributed by atoms with Crippen LogP contribution in [-0.4, -0.2) is 22.6 Å². The predicted octanol–water partition coefficient (Wildman–Crippen LogP) is 6.00. The van der Waals surface area contributed by atoms with E-state index in [4.69, 9.17) is 9.73 Å². The minimum atomic E-state index is -0.661. The molecule has 2 atom stereocenters. The van der Waals surface area contributed by atoms with Gasteiger partial charge >= 0.3 is 6.09 Å². The molecule has 0 aliphatic carbocycles. The summed E-state index contributed by atoms with van der Waals surface area (Å²) < 4.78 is 19.1. The van der Waals surface area contributed by atoms with Crippen LogP contribution >= 0.6 is 0 Å². The van der Waals surface area contributed by atoms with Crippen molar-refractivity contribution in [2.75, 3.05) is 0 Å². The molecule has 1 N–H and O–H groups in total. The molecule has 0 spiro atoms. The van der Waals surface area contributed by atoms with Gasteiger partial charge in [0, 0.05) is 0 Å². The maximum Gasteiger partial charge on any atom is 0.417 e. The number of rotatable bonds is 4. The number of guanidine groups is 1. The molecule has 3 aromatic carbocycles. The number of nitrogens with one attached hydrogen (secondary N) is 1. The molecule has 4 rings (SSSR count). The molecule has 5 nitrogen and oxygen atoms in total. The number of benzene rings is 3. The van der Waals surface area contributed by atoms with Gasteiger partial charge in [0.1, 0.15) is 11.4 Å². The number of hydrogen-bond donors (Lipinski definition) is 1. The monoisotopic (exact) mass is 445 g/mol. The topological polar surface area (TPSA) is 53.9 Å². The second kappa shape index (κ2) is 9.45. The second-order valence-electron chi connectivity index (χ2n) is 9.00. The molecule has 170 valence electrons. The number of hydrogen-bond acceptors (Lipinski definition) is 3. The fourth-order valence-electron chi connectivity index (χ4n) is 3.88. The van der Waals surface area contributed by atoms with Gasteiger partial charge < -0.3 is 10.1 Å². The van der Waals surface area contributed by atoms with Crippen LogP contribution in [0.4, 0.5) is 9.18 Å². The van der Waals surface area contributed by atoms with Gasteiger partial charge in [-0.15, -0.1) is 0 Å².